The summed E-state index contributed by atoms with van der Waals surface area (Å²) in [6, 6.07) is 6.92. The number of nitrogens with two attached hydrogens (primary N) is 1. The lowest BCUT2D eigenvalue weighted by molar-refractivity contribution is 0.299. The first-order valence-electron chi connectivity index (χ1n) is 6.09. The second-order valence-corrected chi connectivity index (χ2v) is 4.72. The lowest BCUT2D eigenvalue weighted by Gasteiger charge is -2.11. The summed E-state index contributed by atoms with van der Waals surface area (Å²) in [5, 5.41) is 11.0. The Morgan fingerprint density at radius 3 is 2.90 bits per heavy atom. The highest BCUT2D eigenvalue weighted by Crippen LogP contribution is 2.27. The van der Waals surface area contributed by atoms with Crippen molar-refractivity contribution in [3.8, 4) is 11.5 Å². The van der Waals surface area contributed by atoms with E-state index in [2.05, 4.69) is 20.4 Å². The maximum absolute atomic E-state index is 5.99. The van der Waals surface area contributed by atoms with Gasteiger partial charge in [-0.05, 0) is 18.2 Å². The van der Waals surface area contributed by atoms with Crippen molar-refractivity contribution in [1.29, 1.82) is 0 Å². The van der Waals surface area contributed by atoms with Gasteiger partial charge in [0.05, 0.1) is 7.11 Å². The van der Waals surface area contributed by atoms with Gasteiger partial charge in [0.15, 0.2) is 11.3 Å². The number of hydrogen-bond donors (Lipinski definition) is 2. The van der Waals surface area contributed by atoms with Gasteiger partial charge in [0, 0.05) is 16.7 Å². The smallest absolute Gasteiger partial charge is 0.207 e. The van der Waals surface area contributed by atoms with Crippen LogP contribution in [-0.4, -0.2) is 27.5 Å². The number of ether oxygens (including phenoxy) is 2. The number of aromatic nitrogens is 4. The molecule has 0 aliphatic heterocycles. The standard InChI is InChI=1S/C13H12ClN5O2/c1-20-9-3-2-8(14)4-7(9)6-21-10-5-11(15)16-13-12(10)17-19-18-13/h2-5H,6H2,1H3,(H3,15,16,17,18,19). The lowest BCUT2D eigenvalue weighted by Crippen LogP contribution is -2.01. The largest absolute Gasteiger partial charge is 0.496 e. The molecule has 0 aliphatic rings. The van der Waals surface area contributed by atoms with E-state index in [-0.39, 0.29) is 6.61 Å². The summed E-state index contributed by atoms with van der Waals surface area (Å²) in [5.41, 5.74) is 7.46. The predicted molar refractivity (Wildman–Crippen MR) is 78.4 cm³/mol. The van der Waals surface area contributed by atoms with E-state index >= 15 is 0 Å². The molecule has 0 radical (unpaired) electrons. The quantitative estimate of drug-likeness (QED) is 0.766. The first-order chi connectivity index (χ1) is 10.2. The van der Waals surface area contributed by atoms with Crippen molar-refractivity contribution in [2.45, 2.75) is 6.61 Å². The molecule has 3 rings (SSSR count). The van der Waals surface area contributed by atoms with Gasteiger partial charge in [0.1, 0.15) is 18.2 Å². The third-order valence-corrected chi connectivity index (χ3v) is 3.14. The lowest BCUT2D eigenvalue weighted by atomic mass is 10.2. The van der Waals surface area contributed by atoms with Crippen molar-refractivity contribution in [2.24, 2.45) is 0 Å². The molecular formula is C13H12ClN5O2. The molecule has 108 valence electrons. The minimum absolute atomic E-state index is 0.259. The number of methoxy groups -OCH3 is 1. The van der Waals surface area contributed by atoms with Crippen molar-refractivity contribution in [1.82, 2.24) is 20.4 Å². The highest BCUT2D eigenvalue weighted by atomic mass is 35.5. The Hall–Kier alpha value is -2.54. The molecule has 3 aromatic rings. The van der Waals surface area contributed by atoms with E-state index < -0.39 is 0 Å². The zero-order valence-electron chi connectivity index (χ0n) is 11.1. The highest BCUT2D eigenvalue weighted by Gasteiger charge is 2.11. The number of halogens is 1. The Morgan fingerprint density at radius 2 is 2.10 bits per heavy atom. The van der Waals surface area contributed by atoms with Crippen molar-refractivity contribution in [3.63, 3.8) is 0 Å². The Morgan fingerprint density at radius 1 is 1.24 bits per heavy atom. The normalized spacial score (nSPS) is 10.8. The SMILES string of the molecule is COc1ccc(Cl)cc1COc1cc(N)nc2n[nH]nc12. The molecule has 8 heteroatoms. The summed E-state index contributed by atoms with van der Waals surface area (Å²) in [6.45, 7) is 0.259. The minimum atomic E-state index is 0.259. The summed E-state index contributed by atoms with van der Waals surface area (Å²) >= 11 is 5.99. The average Bonchev–Trinajstić information content (AvgIpc) is 2.93. The maximum atomic E-state index is 5.99. The summed E-state index contributed by atoms with van der Waals surface area (Å²) in [4.78, 5) is 4.05. The second-order valence-electron chi connectivity index (χ2n) is 4.29. The van der Waals surface area contributed by atoms with Crippen molar-refractivity contribution >= 4 is 28.6 Å². The van der Waals surface area contributed by atoms with Crippen LogP contribution in [0.5, 0.6) is 11.5 Å². The van der Waals surface area contributed by atoms with Crippen LogP contribution in [0.4, 0.5) is 5.82 Å². The molecule has 0 aliphatic carbocycles. The summed E-state index contributed by atoms with van der Waals surface area (Å²) in [5.74, 6) is 1.50. The third-order valence-electron chi connectivity index (χ3n) is 2.90. The van der Waals surface area contributed by atoms with E-state index in [1.165, 1.54) is 0 Å². The van der Waals surface area contributed by atoms with Crippen molar-refractivity contribution < 1.29 is 9.47 Å². The number of anilines is 1. The van der Waals surface area contributed by atoms with Gasteiger partial charge in [-0.2, -0.15) is 10.3 Å². The fraction of sp³-hybridized carbons (Fsp3) is 0.154. The van der Waals surface area contributed by atoms with Crippen LogP contribution >= 0.6 is 11.6 Å². The van der Waals surface area contributed by atoms with Crippen molar-refractivity contribution in [2.75, 3.05) is 12.8 Å². The first-order valence-corrected chi connectivity index (χ1v) is 6.47. The molecule has 2 aromatic heterocycles. The van der Waals surface area contributed by atoms with E-state index in [0.29, 0.717) is 33.5 Å². The second kappa shape index (κ2) is 5.45. The molecule has 21 heavy (non-hydrogen) atoms. The zero-order chi connectivity index (χ0) is 14.8. The van der Waals surface area contributed by atoms with E-state index in [0.717, 1.165) is 5.56 Å². The Kier molecular flexibility index (Phi) is 3.49. The van der Waals surface area contributed by atoms with Crippen LogP contribution in [0, 0.1) is 0 Å². The fourth-order valence-electron chi connectivity index (χ4n) is 1.95. The monoisotopic (exact) mass is 305 g/mol. The third kappa shape index (κ3) is 2.68. The van der Waals surface area contributed by atoms with E-state index in [4.69, 9.17) is 26.8 Å². The Balaban J connectivity index is 1.90. The molecule has 0 bridgehead atoms. The number of aromatic amines is 1. The van der Waals surface area contributed by atoms with Gasteiger partial charge < -0.3 is 15.2 Å². The van der Waals surface area contributed by atoms with Gasteiger partial charge in [-0.15, -0.1) is 5.10 Å². The van der Waals surface area contributed by atoms with E-state index in [9.17, 15) is 0 Å². The summed E-state index contributed by atoms with van der Waals surface area (Å²) < 4.78 is 11.0. The molecule has 0 saturated heterocycles. The number of pyridine rings is 1. The minimum Gasteiger partial charge on any atom is -0.496 e. The number of hydrogen-bond acceptors (Lipinski definition) is 6. The first kappa shape index (κ1) is 13.4. The molecule has 3 N–H and O–H groups in total. The molecule has 2 heterocycles. The number of nitrogens with zero attached hydrogens (tertiary/aromatic N) is 3. The van der Waals surface area contributed by atoms with Gasteiger partial charge in [0.25, 0.3) is 0 Å². The summed E-state index contributed by atoms with van der Waals surface area (Å²) in [7, 11) is 1.59. The number of benzene rings is 1. The molecular weight excluding hydrogens is 294 g/mol. The molecule has 1 aromatic carbocycles. The average molecular weight is 306 g/mol. The highest BCUT2D eigenvalue weighted by molar-refractivity contribution is 6.30. The van der Waals surface area contributed by atoms with Crippen LogP contribution in [0.2, 0.25) is 5.02 Å². The molecule has 0 saturated carbocycles. The number of fused-ring (bicyclic) bond motifs is 1. The molecule has 0 spiro atoms. The van der Waals surface area contributed by atoms with Gasteiger partial charge in [-0.25, -0.2) is 4.98 Å². The Labute approximate surface area is 125 Å². The number of rotatable bonds is 4. The van der Waals surface area contributed by atoms with Gasteiger partial charge in [-0.1, -0.05) is 11.6 Å². The summed E-state index contributed by atoms with van der Waals surface area (Å²) in [6.07, 6.45) is 0. The van der Waals surface area contributed by atoms with Gasteiger partial charge >= 0.3 is 0 Å². The number of nitrogen functional groups attached to an aromatic ring is 1. The topological polar surface area (TPSA) is 98.9 Å². The molecule has 0 atom stereocenters. The van der Waals surface area contributed by atoms with Gasteiger partial charge in [0.2, 0.25) is 5.65 Å². The Bertz CT molecular complexity index is 789. The van der Waals surface area contributed by atoms with Crippen LogP contribution in [0.15, 0.2) is 24.3 Å². The molecule has 0 amide bonds. The van der Waals surface area contributed by atoms with Crippen LogP contribution in [0.3, 0.4) is 0 Å². The molecule has 0 fully saturated rings. The number of nitrogens with one attached hydrogen (secondary N) is 1. The maximum Gasteiger partial charge on any atom is 0.207 e. The number of H-pyrrole nitrogens is 1. The van der Waals surface area contributed by atoms with Crippen molar-refractivity contribution in [3.05, 3.63) is 34.9 Å². The van der Waals surface area contributed by atoms with Gasteiger partial charge in [-0.3, -0.25) is 0 Å². The fourth-order valence-corrected chi connectivity index (χ4v) is 2.15. The van der Waals surface area contributed by atoms with E-state index in [1.54, 1.807) is 31.4 Å². The van der Waals surface area contributed by atoms with Crippen LogP contribution in [-0.2, 0) is 6.61 Å². The predicted octanol–water partition coefficient (Wildman–Crippen LogP) is 2.18. The van der Waals surface area contributed by atoms with Crippen LogP contribution in [0.1, 0.15) is 5.56 Å². The molecule has 0 unspecified atom stereocenters. The van der Waals surface area contributed by atoms with Crippen LogP contribution < -0.4 is 15.2 Å². The molecule has 7 nitrogen and oxygen atoms in total. The van der Waals surface area contributed by atoms with Crippen LogP contribution in [0.25, 0.3) is 11.2 Å². The zero-order valence-corrected chi connectivity index (χ0v) is 11.9. The van der Waals surface area contributed by atoms with E-state index in [1.807, 2.05) is 0 Å².